The van der Waals surface area contributed by atoms with E-state index in [-0.39, 0.29) is 17.6 Å². The summed E-state index contributed by atoms with van der Waals surface area (Å²) in [6.45, 7) is -0.640. The Morgan fingerprint density at radius 2 is 1.86 bits per heavy atom. The minimum atomic E-state index is -1.67. The minimum absolute atomic E-state index is 0.0474. The zero-order chi connectivity index (χ0) is 20.6. The van der Waals surface area contributed by atoms with Crippen LogP contribution in [0.4, 0.5) is 0 Å². The van der Waals surface area contributed by atoms with Crippen LogP contribution in [0.1, 0.15) is 6.42 Å². The number of methoxy groups -OCH3 is 1. The van der Waals surface area contributed by atoms with E-state index in [2.05, 4.69) is 0 Å². The molecule has 28 heavy (non-hydrogen) atoms. The molecule has 0 saturated carbocycles. The number of rotatable bonds is 5. The predicted octanol–water partition coefficient (Wildman–Crippen LogP) is -2.14. The van der Waals surface area contributed by atoms with Crippen LogP contribution in [-0.4, -0.2) is 88.2 Å². The summed E-state index contributed by atoms with van der Waals surface area (Å²) in [7, 11) is 1.18. The van der Waals surface area contributed by atoms with Crippen molar-refractivity contribution in [2.24, 2.45) is 11.8 Å². The smallest absolute Gasteiger partial charge is 0.335 e. The van der Waals surface area contributed by atoms with Gasteiger partial charge < -0.3 is 44.5 Å². The van der Waals surface area contributed by atoms with E-state index in [4.69, 9.17) is 18.9 Å². The molecule has 1 fully saturated rings. The summed E-state index contributed by atoms with van der Waals surface area (Å²) in [4.78, 5) is 23.6. The number of ether oxygens (including phenoxy) is 4. The molecule has 3 aliphatic rings. The minimum Gasteiger partial charge on any atom is -0.478 e. The van der Waals surface area contributed by atoms with Crippen molar-refractivity contribution in [3.05, 3.63) is 23.5 Å². The highest BCUT2D eigenvalue weighted by atomic mass is 16.8. The molecule has 5 N–H and O–H groups in total. The SMILES string of the molecule is COC(=O)C1=CC[C@@H]2C(C(=O)O)=CO[C@@H](O[C@H]3O[C@@H](CO)[C@@H](O)[C@@H](O)[C@H]3O)[C@H]12. The number of fused-ring (bicyclic) bond motifs is 1. The van der Waals surface area contributed by atoms with E-state index in [1.54, 1.807) is 0 Å². The lowest BCUT2D eigenvalue weighted by Gasteiger charge is -2.42. The summed E-state index contributed by atoms with van der Waals surface area (Å²) in [6.07, 6.45) is -6.02. The van der Waals surface area contributed by atoms with Crippen molar-refractivity contribution < 1.29 is 54.1 Å². The number of allylic oxidation sites excluding steroid dienone is 1. The Hall–Kier alpha value is -2.02. The number of aliphatic carboxylic acids is 1. The van der Waals surface area contributed by atoms with Crippen molar-refractivity contribution in [3.8, 4) is 0 Å². The summed E-state index contributed by atoms with van der Waals surface area (Å²) in [5.74, 6) is -3.36. The van der Waals surface area contributed by atoms with Gasteiger partial charge in [-0.2, -0.15) is 0 Å². The number of aliphatic hydroxyl groups excluding tert-OH is 4. The maximum Gasteiger partial charge on any atom is 0.335 e. The maximum absolute atomic E-state index is 12.1. The second kappa shape index (κ2) is 8.15. The Balaban J connectivity index is 1.85. The van der Waals surface area contributed by atoms with Crippen LogP contribution in [0.15, 0.2) is 23.5 Å². The standard InChI is InChI=1S/C17H22O11/c1-25-15(24)7-3-2-6-8(14(22)23)5-26-16(10(6)7)28-17-13(21)12(20)11(19)9(4-18)27-17/h3,5-6,9-13,16-21H,2,4H2,1H3,(H,22,23)/t6-,9+,10+,11-,12-,13-,16+,17-/m1/s1. The highest BCUT2D eigenvalue weighted by Crippen LogP contribution is 2.44. The molecular formula is C17H22O11. The first-order valence-corrected chi connectivity index (χ1v) is 8.63. The topological polar surface area (TPSA) is 172 Å². The maximum atomic E-state index is 12.1. The molecule has 0 spiro atoms. The van der Waals surface area contributed by atoms with Crippen molar-refractivity contribution in [3.63, 3.8) is 0 Å². The highest BCUT2D eigenvalue weighted by molar-refractivity contribution is 5.92. The molecule has 0 aromatic heterocycles. The van der Waals surface area contributed by atoms with E-state index < -0.39 is 67.4 Å². The summed E-state index contributed by atoms with van der Waals surface area (Å²) >= 11 is 0. The molecule has 0 aromatic rings. The molecule has 0 aromatic carbocycles. The third kappa shape index (κ3) is 3.52. The second-order valence-corrected chi connectivity index (χ2v) is 6.74. The summed E-state index contributed by atoms with van der Waals surface area (Å²) in [5.41, 5.74) is 0.114. The number of hydrogen-bond acceptors (Lipinski definition) is 10. The zero-order valence-corrected chi connectivity index (χ0v) is 14.9. The third-order valence-electron chi connectivity index (χ3n) is 5.19. The van der Waals surface area contributed by atoms with Crippen LogP contribution in [0.5, 0.6) is 0 Å². The number of carboxylic acid groups (broad SMARTS) is 1. The largest absolute Gasteiger partial charge is 0.478 e. The van der Waals surface area contributed by atoms with Gasteiger partial charge in [0.05, 0.1) is 31.5 Å². The Bertz CT molecular complexity index is 685. The van der Waals surface area contributed by atoms with Gasteiger partial charge in [-0.3, -0.25) is 0 Å². The molecule has 1 aliphatic carbocycles. The highest BCUT2D eigenvalue weighted by Gasteiger charge is 2.51. The Morgan fingerprint density at radius 3 is 2.46 bits per heavy atom. The van der Waals surface area contributed by atoms with Crippen LogP contribution in [-0.2, 0) is 28.5 Å². The van der Waals surface area contributed by atoms with Crippen molar-refractivity contribution in [2.45, 2.75) is 43.4 Å². The number of carbonyl (C=O) groups is 2. The van der Waals surface area contributed by atoms with Gasteiger partial charge in [0.15, 0.2) is 6.29 Å². The average molecular weight is 402 g/mol. The van der Waals surface area contributed by atoms with Crippen molar-refractivity contribution in [2.75, 3.05) is 13.7 Å². The van der Waals surface area contributed by atoms with Gasteiger partial charge in [0.1, 0.15) is 24.4 Å². The average Bonchev–Trinajstić information content (AvgIpc) is 3.13. The van der Waals surface area contributed by atoms with E-state index in [0.717, 1.165) is 6.26 Å². The van der Waals surface area contributed by atoms with Gasteiger partial charge in [-0.1, -0.05) is 6.08 Å². The zero-order valence-electron chi connectivity index (χ0n) is 14.9. The van der Waals surface area contributed by atoms with E-state index in [0.29, 0.717) is 0 Å². The Morgan fingerprint density at radius 1 is 1.14 bits per heavy atom. The number of carbonyl (C=O) groups excluding carboxylic acids is 1. The lowest BCUT2D eigenvalue weighted by molar-refractivity contribution is -0.339. The Labute approximate surface area is 159 Å². The van der Waals surface area contributed by atoms with E-state index in [9.17, 15) is 35.1 Å². The number of carboxylic acids is 1. The van der Waals surface area contributed by atoms with Gasteiger partial charge in [0.2, 0.25) is 6.29 Å². The van der Waals surface area contributed by atoms with Crippen molar-refractivity contribution in [1.29, 1.82) is 0 Å². The molecule has 2 heterocycles. The number of esters is 1. The van der Waals surface area contributed by atoms with Gasteiger partial charge in [-0.15, -0.1) is 0 Å². The summed E-state index contributed by atoms with van der Waals surface area (Å²) in [6, 6.07) is 0. The fourth-order valence-corrected chi connectivity index (χ4v) is 3.70. The molecule has 0 bridgehead atoms. The molecule has 1 saturated heterocycles. The van der Waals surface area contributed by atoms with Crippen molar-refractivity contribution >= 4 is 11.9 Å². The normalized spacial score (nSPS) is 40.0. The van der Waals surface area contributed by atoms with Crippen molar-refractivity contribution in [1.82, 2.24) is 0 Å². The van der Waals surface area contributed by atoms with E-state index in [1.807, 2.05) is 0 Å². The van der Waals surface area contributed by atoms with Gasteiger partial charge in [0.25, 0.3) is 0 Å². The molecule has 11 nitrogen and oxygen atoms in total. The first-order valence-electron chi connectivity index (χ1n) is 8.63. The molecule has 0 amide bonds. The molecule has 156 valence electrons. The molecule has 0 radical (unpaired) electrons. The quantitative estimate of drug-likeness (QED) is 0.318. The lowest BCUT2D eigenvalue weighted by atomic mass is 9.83. The predicted molar refractivity (Wildman–Crippen MR) is 87.1 cm³/mol. The third-order valence-corrected chi connectivity index (χ3v) is 5.19. The monoisotopic (exact) mass is 402 g/mol. The van der Waals surface area contributed by atoms with Gasteiger partial charge >= 0.3 is 11.9 Å². The van der Waals surface area contributed by atoms with Crippen LogP contribution in [0.25, 0.3) is 0 Å². The number of aliphatic hydroxyl groups is 4. The summed E-state index contributed by atoms with van der Waals surface area (Å²) < 4.78 is 21.0. The van der Waals surface area contributed by atoms with Gasteiger partial charge in [-0.25, -0.2) is 9.59 Å². The lowest BCUT2D eigenvalue weighted by Crippen LogP contribution is -2.60. The van der Waals surface area contributed by atoms with Gasteiger partial charge in [-0.05, 0) is 6.42 Å². The Kier molecular flexibility index (Phi) is 6.03. The number of hydrogen-bond donors (Lipinski definition) is 5. The van der Waals surface area contributed by atoms with Crippen LogP contribution >= 0.6 is 0 Å². The van der Waals surface area contributed by atoms with Crippen LogP contribution in [0.2, 0.25) is 0 Å². The molecule has 8 atom stereocenters. The molecule has 11 heteroatoms. The second-order valence-electron chi connectivity index (χ2n) is 6.74. The first-order chi connectivity index (χ1) is 13.3. The molecular weight excluding hydrogens is 380 g/mol. The van der Waals surface area contributed by atoms with E-state index in [1.165, 1.54) is 13.2 Å². The fourth-order valence-electron chi connectivity index (χ4n) is 3.70. The van der Waals surface area contributed by atoms with Crippen LogP contribution < -0.4 is 0 Å². The van der Waals surface area contributed by atoms with E-state index >= 15 is 0 Å². The molecule has 3 rings (SSSR count). The van der Waals surface area contributed by atoms with Crippen LogP contribution in [0, 0.1) is 11.8 Å². The fraction of sp³-hybridized carbons (Fsp3) is 0.647. The summed E-state index contributed by atoms with van der Waals surface area (Å²) in [5, 5.41) is 48.5. The molecule has 0 unspecified atom stereocenters. The molecule has 2 aliphatic heterocycles. The van der Waals surface area contributed by atoms with Crippen LogP contribution in [0.3, 0.4) is 0 Å². The first kappa shape index (κ1) is 20.7. The van der Waals surface area contributed by atoms with Gasteiger partial charge in [0, 0.05) is 11.5 Å².